The summed E-state index contributed by atoms with van der Waals surface area (Å²) in [7, 11) is 2.16. The monoisotopic (exact) mass is 245 g/mol. The van der Waals surface area contributed by atoms with Crippen LogP contribution in [-0.2, 0) is 6.54 Å². The second kappa shape index (κ2) is 6.03. The summed E-state index contributed by atoms with van der Waals surface area (Å²) in [5.74, 6) is 0. The molecule has 0 aliphatic carbocycles. The Balaban J connectivity index is 1.95. The molecule has 0 saturated heterocycles. The van der Waals surface area contributed by atoms with Gasteiger partial charge in [0, 0.05) is 30.8 Å². The van der Waals surface area contributed by atoms with Crippen LogP contribution >= 0.6 is 0 Å². The fraction of sp³-hybridized carbons (Fsp3) is 0.467. The van der Waals surface area contributed by atoms with E-state index in [0.717, 1.165) is 19.6 Å². The maximum Gasteiger partial charge on any atom is 0.0499 e. The predicted octanol–water partition coefficient (Wildman–Crippen LogP) is 2.60. The van der Waals surface area contributed by atoms with Gasteiger partial charge in [-0.2, -0.15) is 0 Å². The van der Waals surface area contributed by atoms with Crippen molar-refractivity contribution in [2.24, 2.45) is 0 Å². The number of rotatable bonds is 6. The minimum absolute atomic E-state index is 0.500. The lowest BCUT2D eigenvalue weighted by Gasteiger charge is -2.20. The summed E-state index contributed by atoms with van der Waals surface area (Å²) in [5.41, 5.74) is 2.59. The topological polar surface area (TPSA) is 31.1 Å². The second-order valence-electron chi connectivity index (χ2n) is 5.00. The number of hydrogen-bond acceptors (Lipinski definition) is 2. The molecule has 18 heavy (non-hydrogen) atoms. The van der Waals surface area contributed by atoms with E-state index in [2.05, 4.69) is 60.4 Å². The van der Waals surface area contributed by atoms with Crippen molar-refractivity contribution in [1.82, 2.24) is 15.2 Å². The van der Waals surface area contributed by atoms with Crippen LogP contribution in [0.2, 0.25) is 0 Å². The first-order chi connectivity index (χ1) is 8.70. The third-order valence-corrected chi connectivity index (χ3v) is 3.44. The SMILES string of the molecule is CCN(C)CC(C)NCc1cccc2cc[nH]c12. The van der Waals surface area contributed by atoms with Gasteiger partial charge in [-0.3, -0.25) is 0 Å². The summed E-state index contributed by atoms with van der Waals surface area (Å²) >= 11 is 0. The van der Waals surface area contributed by atoms with E-state index in [1.807, 2.05) is 6.20 Å². The molecular weight excluding hydrogens is 222 g/mol. The largest absolute Gasteiger partial charge is 0.361 e. The van der Waals surface area contributed by atoms with Crippen molar-refractivity contribution in [2.75, 3.05) is 20.1 Å². The molecule has 0 aliphatic heterocycles. The number of likely N-dealkylation sites (N-methyl/N-ethyl adjacent to an activating group) is 1. The Hall–Kier alpha value is -1.32. The van der Waals surface area contributed by atoms with Crippen molar-refractivity contribution in [3.8, 4) is 0 Å². The molecule has 3 heteroatoms. The van der Waals surface area contributed by atoms with Gasteiger partial charge in [0.2, 0.25) is 0 Å². The standard InChI is InChI=1S/C15H23N3/c1-4-18(3)11-12(2)17-10-14-7-5-6-13-8-9-16-15(13)14/h5-9,12,16-17H,4,10-11H2,1-3H3. The third-order valence-electron chi connectivity index (χ3n) is 3.44. The van der Waals surface area contributed by atoms with Crippen LogP contribution in [0.1, 0.15) is 19.4 Å². The zero-order chi connectivity index (χ0) is 13.0. The Morgan fingerprint density at radius 2 is 2.17 bits per heavy atom. The van der Waals surface area contributed by atoms with Gasteiger partial charge in [0.15, 0.2) is 0 Å². The van der Waals surface area contributed by atoms with Crippen LogP contribution in [-0.4, -0.2) is 36.1 Å². The van der Waals surface area contributed by atoms with Gasteiger partial charge in [-0.05, 0) is 37.5 Å². The average molecular weight is 245 g/mol. The average Bonchev–Trinajstić information content (AvgIpc) is 2.84. The Labute approximate surface area is 109 Å². The van der Waals surface area contributed by atoms with Gasteiger partial charge in [0.05, 0.1) is 0 Å². The summed E-state index contributed by atoms with van der Waals surface area (Å²) < 4.78 is 0. The fourth-order valence-corrected chi connectivity index (χ4v) is 2.24. The van der Waals surface area contributed by atoms with E-state index < -0.39 is 0 Å². The normalized spacial score (nSPS) is 13.3. The molecule has 1 aromatic heterocycles. The molecule has 0 radical (unpaired) electrons. The first-order valence-electron chi connectivity index (χ1n) is 6.67. The molecule has 3 nitrogen and oxygen atoms in total. The minimum Gasteiger partial charge on any atom is -0.361 e. The van der Waals surface area contributed by atoms with Crippen molar-refractivity contribution in [1.29, 1.82) is 0 Å². The molecule has 1 unspecified atom stereocenters. The zero-order valence-electron chi connectivity index (χ0n) is 11.5. The summed E-state index contributed by atoms with van der Waals surface area (Å²) in [4.78, 5) is 5.64. The molecule has 2 rings (SSSR count). The number of fused-ring (bicyclic) bond motifs is 1. The third kappa shape index (κ3) is 3.12. The summed E-state index contributed by atoms with van der Waals surface area (Å²) in [6, 6.07) is 9.06. The van der Waals surface area contributed by atoms with Crippen LogP contribution in [0.25, 0.3) is 10.9 Å². The predicted molar refractivity (Wildman–Crippen MR) is 77.8 cm³/mol. The van der Waals surface area contributed by atoms with Gasteiger partial charge in [0.25, 0.3) is 0 Å². The van der Waals surface area contributed by atoms with Crippen molar-refractivity contribution >= 4 is 10.9 Å². The number of H-pyrrole nitrogens is 1. The molecule has 98 valence electrons. The number of nitrogens with one attached hydrogen (secondary N) is 2. The number of aromatic amines is 1. The van der Waals surface area contributed by atoms with Crippen LogP contribution < -0.4 is 5.32 Å². The van der Waals surface area contributed by atoms with E-state index in [4.69, 9.17) is 0 Å². The molecule has 0 spiro atoms. The molecule has 1 heterocycles. The van der Waals surface area contributed by atoms with Gasteiger partial charge in [-0.25, -0.2) is 0 Å². The summed E-state index contributed by atoms with van der Waals surface area (Å²) in [6.07, 6.45) is 2.00. The molecule has 2 aromatic rings. The molecule has 0 bridgehead atoms. The van der Waals surface area contributed by atoms with Gasteiger partial charge in [-0.15, -0.1) is 0 Å². The molecule has 1 atom stereocenters. The summed E-state index contributed by atoms with van der Waals surface area (Å²) in [5, 5.41) is 4.87. The first kappa shape index (κ1) is 13.1. The maximum atomic E-state index is 3.58. The molecule has 2 N–H and O–H groups in total. The van der Waals surface area contributed by atoms with E-state index >= 15 is 0 Å². The number of nitrogens with zero attached hydrogens (tertiary/aromatic N) is 1. The van der Waals surface area contributed by atoms with Crippen LogP contribution in [0, 0.1) is 0 Å². The van der Waals surface area contributed by atoms with Crippen molar-refractivity contribution in [3.63, 3.8) is 0 Å². The van der Waals surface area contributed by atoms with Crippen LogP contribution in [0.5, 0.6) is 0 Å². The molecule has 1 aromatic carbocycles. The molecule has 0 aliphatic rings. The van der Waals surface area contributed by atoms with Crippen LogP contribution in [0.15, 0.2) is 30.5 Å². The van der Waals surface area contributed by atoms with Crippen LogP contribution in [0.4, 0.5) is 0 Å². The van der Waals surface area contributed by atoms with Gasteiger partial charge in [0.1, 0.15) is 0 Å². The highest BCUT2D eigenvalue weighted by atomic mass is 15.1. The minimum atomic E-state index is 0.500. The lowest BCUT2D eigenvalue weighted by molar-refractivity contribution is 0.309. The van der Waals surface area contributed by atoms with Crippen molar-refractivity contribution in [3.05, 3.63) is 36.0 Å². The molecule has 0 amide bonds. The number of benzene rings is 1. The molecule has 0 saturated carbocycles. The quantitative estimate of drug-likeness (QED) is 0.819. The van der Waals surface area contributed by atoms with E-state index in [1.54, 1.807) is 0 Å². The Morgan fingerprint density at radius 1 is 1.33 bits per heavy atom. The lowest BCUT2D eigenvalue weighted by Crippen LogP contribution is -2.36. The maximum absolute atomic E-state index is 3.58. The van der Waals surface area contributed by atoms with E-state index in [9.17, 15) is 0 Å². The number of hydrogen-bond donors (Lipinski definition) is 2. The zero-order valence-corrected chi connectivity index (χ0v) is 11.5. The Morgan fingerprint density at radius 3 is 2.94 bits per heavy atom. The van der Waals surface area contributed by atoms with Gasteiger partial charge >= 0.3 is 0 Å². The van der Waals surface area contributed by atoms with Crippen molar-refractivity contribution in [2.45, 2.75) is 26.4 Å². The highest BCUT2D eigenvalue weighted by Gasteiger charge is 2.06. The number of para-hydroxylation sites is 1. The van der Waals surface area contributed by atoms with E-state index in [0.29, 0.717) is 6.04 Å². The van der Waals surface area contributed by atoms with E-state index in [1.165, 1.54) is 16.5 Å². The highest BCUT2D eigenvalue weighted by Crippen LogP contribution is 2.16. The van der Waals surface area contributed by atoms with E-state index in [-0.39, 0.29) is 0 Å². The number of aromatic nitrogens is 1. The van der Waals surface area contributed by atoms with Gasteiger partial charge in [-0.1, -0.05) is 25.1 Å². The van der Waals surface area contributed by atoms with Crippen LogP contribution in [0.3, 0.4) is 0 Å². The van der Waals surface area contributed by atoms with Gasteiger partial charge < -0.3 is 15.2 Å². The first-order valence-corrected chi connectivity index (χ1v) is 6.67. The Bertz CT molecular complexity index is 489. The molecule has 0 fully saturated rings. The fourth-order valence-electron chi connectivity index (χ4n) is 2.24. The highest BCUT2D eigenvalue weighted by molar-refractivity contribution is 5.82. The summed E-state index contributed by atoms with van der Waals surface area (Å²) in [6.45, 7) is 7.51. The lowest BCUT2D eigenvalue weighted by atomic mass is 10.1. The second-order valence-corrected chi connectivity index (χ2v) is 5.00. The molecular formula is C15H23N3. The smallest absolute Gasteiger partial charge is 0.0499 e. The Kier molecular flexibility index (Phi) is 4.39. The van der Waals surface area contributed by atoms with Crippen molar-refractivity contribution < 1.29 is 0 Å².